The molecular formula is C18H21F2NO5. The molecule has 0 aliphatic carbocycles. The summed E-state index contributed by atoms with van der Waals surface area (Å²) in [5.74, 6) is -9.35. The number of ether oxygens (including phenoxy) is 2. The molecule has 0 amide bonds. The summed E-state index contributed by atoms with van der Waals surface area (Å²) in [6.07, 6.45) is 0. The first-order valence-corrected chi connectivity index (χ1v) is 8.35. The molecule has 142 valence electrons. The van der Waals surface area contributed by atoms with Gasteiger partial charge < -0.3 is 9.47 Å². The maximum atomic E-state index is 14.3. The van der Waals surface area contributed by atoms with Crippen LogP contribution in [0.2, 0.25) is 0 Å². The van der Waals surface area contributed by atoms with Gasteiger partial charge in [-0.25, -0.2) is 0 Å². The number of hydrogen-bond acceptors (Lipinski definition) is 6. The summed E-state index contributed by atoms with van der Waals surface area (Å²) >= 11 is 0. The molecule has 6 nitrogen and oxygen atoms in total. The number of Topliss-reactive ketones (excluding diaryl/α,β-unsaturated/α-hetero) is 1. The summed E-state index contributed by atoms with van der Waals surface area (Å²) in [6.45, 7) is 1.93. The molecule has 0 N–H and O–H groups in total. The van der Waals surface area contributed by atoms with Gasteiger partial charge in [-0.15, -0.1) is 0 Å². The van der Waals surface area contributed by atoms with Crippen molar-refractivity contribution in [1.82, 2.24) is 4.90 Å². The summed E-state index contributed by atoms with van der Waals surface area (Å²) in [4.78, 5) is 37.9. The number of nitrogens with zero attached hydrogens (tertiary/aromatic N) is 1. The highest BCUT2D eigenvalue weighted by Crippen LogP contribution is 2.34. The summed E-state index contributed by atoms with van der Waals surface area (Å²) < 4.78 is 38.3. The zero-order valence-corrected chi connectivity index (χ0v) is 14.6. The number of hydrogen-bond donors (Lipinski definition) is 0. The molecule has 2 rings (SSSR count). The quantitative estimate of drug-likeness (QED) is 0.563. The van der Waals surface area contributed by atoms with Crippen LogP contribution >= 0.6 is 0 Å². The first-order valence-electron chi connectivity index (χ1n) is 8.35. The van der Waals surface area contributed by atoms with Gasteiger partial charge in [-0.3, -0.25) is 19.3 Å². The van der Waals surface area contributed by atoms with Crippen molar-refractivity contribution in [2.75, 3.05) is 19.8 Å². The van der Waals surface area contributed by atoms with Crippen molar-refractivity contribution in [2.45, 2.75) is 32.4 Å². The molecule has 1 heterocycles. The minimum atomic E-state index is -3.77. The highest BCUT2D eigenvalue weighted by atomic mass is 19.3. The molecule has 0 unspecified atom stereocenters. The number of carbonyl (C=O) groups excluding carboxylic acids is 3. The van der Waals surface area contributed by atoms with Gasteiger partial charge in [-0.05, 0) is 19.4 Å². The number of benzene rings is 1. The van der Waals surface area contributed by atoms with E-state index in [0.29, 0.717) is 5.56 Å². The lowest BCUT2D eigenvalue weighted by Crippen LogP contribution is -2.64. The van der Waals surface area contributed by atoms with Crippen molar-refractivity contribution < 1.29 is 32.6 Å². The van der Waals surface area contributed by atoms with Crippen LogP contribution in [0.4, 0.5) is 8.78 Å². The van der Waals surface area contributed by atoms with Crippen molar-refractivity contribution in [3.63, 3.8) is 0 Å². The van der Waals surface area contributed by atoms with Crippen LogP contribution in [0.15, 0.2) is 30.3 Å². The zero-order chi connectivity index (χ0) is 19.3. The van der Waals surface area contributed by atoms with Gasteiger partial charge in [0.25, 0.3) is 0 Å². The Kier molecular flexibility index (Phi) is 6.42. The largest absolute Gasteiger partial charge is 0.465 e. The molecule has 0 spiro atoms. The monoisotopic (exact) mass is 369 g/mol. The number of likely N-dealkylation sites (tertiary alicyclic amines) is 1. The third kappa shape index (κ3) is 4.24. The van der Waals surface area contributed by atoms with Crippen molar-refractivity contribution >= 4 is 17.7 Å². The minimum absolute atomic E-state index is 0.00532. The van der Waals surface area contributed by atoms with Crippen LogP contribution in [0, 0.1) is 5.92 Å². The van der Waals surface area contributed by atoms with Crippen LogP contribution in [0.25, 0.3) is 0 Å². The summed E-state index contributed by atoms with van der Waals surface area (Å²) in [6, 6.07) is 7.17. The lowest BCUT2D eigenvalue weighted by molar-refractivity contribution is -0.184. The van der Waals surface area contributed by atoms with Gasteiger partial charge in [0.2, 0.25) is 5.78 Å². The second kappa shape index (κ2) is 8.35. The number of ketones is 1. The number of alkyl halides is 2. The number of rotatable bonds is 6. The molecule has 0 saturated carbocycles. The second-order valence-electron chi connectivity index (χ2n) is 5.89. The highest BCUT2D eigenvalue weighted by Gasteiger charge is 2.59. The summed E-state index contributed by atoms with van der Waals surface area (Å²) in [7, 11) is 0. The van der Waals surface area contributed by atoms with E-state index in [9.17, 15) is 23.2 Å². The molecule has 1 saturated heterocycles. The number of halogens is 2. The molecule has 26 heavy (non-hydrogen) atoms. The fourth-order valence-electron chi connectivity index (χ4n) is 2.97. The van der Waals surface area contributed by atoms with Crippen LogP contribution in [-0.4, -0.2) is 54.3 Å². The van der Waals surface area contributed by atoms with Crippen molar-refractivity contribution in [3.05, 3.63) is 35.9 Å². The first kappa shape index (κ1) is 20.0. The van der Waals surface area contributed by atoms with Gasteiger partial charge in [0.1, 0.15) is 12.0 Å². The standard InChI is InChI=1S/C18H21F2NO5/c1-3-25-16(23)13-14(17(24)26-4-2)21(11-18(19,20)15(13)22)10-12-8-6-5-7-9-12/h5-9,13-14H,3-4,10-11H2,1-2H3/t13-,14+/m0/s1. The van der Waals surface area contributed by atoms with E-state index in [1.54, 1.807) is 37.3 Å². The van der Waals surface area contributed by atoms with E-state index in [2.05, 4.69) is 0 Å². The number of esters is 2. The van der Waals surface area contributed by atoms with Gasteiger partial charge in [0.05, 0.1) is 19.8 Å². The molecule has 0 radical (unpaired) electrons. The third-order valence-electron chi connectivity index (χ3n) is 4.05. The Morgan fingerprint density at radius 3 is 2.27 bits per heavy atom. The molecule has 2 atom stereocenters. The van der Waals surface area contributed by atoms with E-state index in [4.69, 9.17) is 9.47 Å². The first-order chi connectivity index (χ1) is 12.3. The Bertz CT molecular complexity index is 665. The van der Waals surface area contributed by atoms with Crippen molar-refractivity contribution in [1.29, 1.82) is 0 Å². The topological polar surface area (TPSA) is 72.9 Å². The Balaban J connectivity index is 2.42. The number of piperidine rings is 1. The van der Waals surface area contributed by atoms with Crippen LogP contribution in [0.5, 0.6) is 0 Å². The van der Waals surface area contributed by atoms with Crippen LogP contribution < -0.4 is 0 Å². The van der Waals surface area contributed by atoms with Gasteiger partial charge in [0.15, 0.2) is 0 Å². The van der Waals surface area contributed by atoms with Gasteiger partial charge in [-0.1, -0.05) is 30.3 Å². The summed E-state index contributed by atoms with van der Waals surface area (Å²) in [5.41, 5.74) is 0.662. The molecule has 0 aromatic heterocycles. The molecule has 1 aliphatic rings. The molecule has 1 fully saturated rings. The predicted molar refractivity (Wildman–Crippen MR) is 87.4 cm³/mol. The van der Waals surface area contributed by atoms with E-state index in [0.717, 1.165) is 4.90 Å². The third-order valence-corrected chi connectivity index (χ3v) is 4.05. The maximum Gasteiger partial charge on any atom is 0.324 e. The van der Waals surface area contributed by atoms with Crippen LogP contribution in [0.1, 0.15) is 19.4 Å². The number of carbonyl (C=O) groups is 3. The molecule has 1 aliphatic heterocycles. The van der Waals surface area contributed by atoms with Gasteiger partial charge in [-0.2, -0.15) is 8.78 Å². The zero-order valence-electron chi connectivity index (χ0n) is 14.6. The van der Waals surface area contributed by atoms with E-state index < -0.39 is 42.1 Å². The fourth-order valence-corrected chi connectivity index (χ4v) is 2.97. The van der Waals surface area contributed by atoms with E-state index in [1.165, 1.54) is 6.92 Å². The van der Waals surface area contributed by atoms with Crippen LogP contribution in [-0.2, 0) is 30.4 Å². The van der Waals surface area contributed by atoms with E-state index in [-0.39, 0.29) is 19.8 Å². The average Bonchev–Trinajstić information content (AvgIpc) is 2.58. The van der Waals surface area contributed by atoms with Crippen molar-refractivity contribution in [2.24, 2.45) is 5.92 Å². The maximum absolute atomic E-state index is 14.3. The molecule has 1 aromatic rings. The highest BCUT2D eigenvalue weighted by molar-refractivity contribution is 6.07. The molecular weight excluding hydrogens is 348 g/mol. The van der Waals surface area contributed by atoms with Crippen molar-refractivity contribution in [3.8, 4) is 0 Å². The van der Waals surface area contributed by atoms with E-state index >= 15 is 0 Å². The molecule has 0 bridgehead atoms. The Morgan fingerprint density at radius 2 is 1.69 bits per heavy atom. The van der Waals surface area contributed by atoms with Crippen LogP contribution in [0.3, 0.4) is 0 Å². The lowest BCUT2D eigenvalue weighted by atomic mass is 9.85. The molecule has 8 heteroatoms. The Labute approximate surface area is 150 Å². The Morgan fingerprint density at radius 1 is 1.12 bits per heavy atom. The SMILES string of the molecule is CCOC(=O)[C@@H]1C(=O)C(F)(F)CN(Cc2ccccc2)[C@H]1C(=O)OCC. The lowest BCUT2D eigenvalue weighted by Gasteiger charge is -2.40. The summed E-state index contributed by atoms with van der Waals surface area (Å²) in [5, 5.41) is 0. The average molecular weight is 369 g/mol. The predicted octanol–water partition coefficient (Wildman–Crippen LogP) is 1.82. The Hall–Kier alpha value is -2.35. The molecule has 1 aromatic carbocycles. The van der Waals surface area contributed by atoms with E-state index in [1.807, 2.05) is 0 Å². The second-order valence-corrected chi connectivity index (χ2v) is 5.89. The minimum Gasteiger partial charge on any atom is -0.465 e. The van der Waals surface area contributed by atoms with Gasteiger partial charge >= 0.3 is 17.9 Å². The normalized spacial score (nSPS) is 22.7. The smallest absolute Gasteiger partial charge is 0.324 e. The fraction of sp³-hybridized carbons (Fsp3) is 0.500. The van der Waals surface area contributed by atoms with Gasteiger partial charge in [0, 0.05) is 6.54 Å².